The summed E-state index contributed by atoms with van der Waals surface area (Å²) in [5, 5.41) is 5.92. The highest BCUT2D eigenvalue weighted by Gasteiger charge is 2.13. The fraction of sp³-hybridized carbons (Fsp3) is 0.500. The summed E-state index contributed by atoms with van der Waals surface area (Å²) in [6, 6.07) is 5.95. The van der Waals surface area contributed by atoms with Crippen LogP contribution in [0.15, 0.2) is 24.3 Å². The minimum Gasteiger partial charge on any atom is -0.376 e. The molecule has 0 aliphatic carbocycles. The Hall–Kier alpha value is -1.46. The van der Waals surface area contributed by atoms with Crippen LogP contribution in [0.2, 0.25) is 0 Å². The number of halogens is 1. The molecule has 0 bridgehead atoms. The fourth-order valence-corrected chi connectivity index (χ4v) is 2.09. The van der Waals surface area contributed by atoms with Crippen LogP contribution in [0.5, 0.6) is 0 Å². The molecule has 104 valence electrons. The Morgan fingerprint density at radius 3 is 2.84 bits per heavy atom. The number of hydrogen-bond donors (Lipinski definition) is 2. The van der Waals surface area contributed by atoms with Crippen LogP contribution in [0.1, 0.15) is 23.2 Å². The maximum atomic E-state index is 13.3. The smallest absolute Gasteiger partial charge is 0.254 e. The normalized spacial score (nSPS) is 16.3. The zero-order valence-corrected chi connectivity index (χ0v) is 10.8. The Kier molecular flexibility index (Phi) is 5.30. The van der Waals surface area contributed by atoms with Gasteiger partial charge in [-0.3, -0.25) is 4.79 Å². The van der Waals surface area contributed by atoms with Crippen LogP contribution in [0.3, 0.4) is 0 Å². The molecular weight excluding hydrogens is 247 g/mol. The lowest BCUT2D eigenvalue weighted by molar-refractivity contribution is 0.0343. The van der Waals surface area contributed by atoms with Gasteiger partial charge in [0.2, 0.25) is 0 Å². The van der Waals surface area contributed by atoms with Gasteiger partial charge in [0.1, 0.15) is 5.82 Å². The largest absolute Gasteiger partial charge is 0.376 e. The number of rotatable bonds is 5. The molecule has 1 aliphatic heterocycles. The van der Waals surface area contributed by atoms with Gasteiger partial charge in [-0.2, -0.15) is 0 Å². The summed E-state index contributed by atoms with van der Waals surface area (Å²) < 4.78 is 19.0. The molecule has 1 aromatic carbocycles. The van der Waals surface area contributed by atoms with Gasteiger partial charge in [-0.25, -0.2) is 4.39 Å². The monoisotopic (exact) mass is 266 g/mol. The van der Waals surface area contributed by atoms with Crippen molar-refractivity contribution < 1.29 is 13.9 Å². The average Bonchev–Trinajstić information content (AvgIpc) is 2.45. The van der Waals surface area contributed by atoms with E-state index in [1.165, 1.54) is 12.1 Å². The van der Waals surface area contributed by atoms with Crippen molar-refractivity contribution in [3.8, 4) is 0 Å². The third-order valence-electron chi connectivity index (χ3n) is 3.15. The van der Waals surface area contributed by atoms with Gasteiger partial charge in [0.15, 0.2) is 0 Å². The number of hydrogen-bond acceptors (Lipinski definition) is 3. The van der Waals surface area contributed by atoms with E-state index in [4.69, 9.17) is 4.74 Å². The molecule has 2 N–H and O–H groups in total. The lowest BCUT2D eigenvalue weighted by atomic mass is 10.1. The van der Waals surface area contributed by atoms with Gasteiger partial charge in [0.05, 0.1) is 18.3 Å². The first-order valence-corrected chi connectivity index (χ1v) is 6.62. The Labute approximate surface area is 112 Å². The Bertz CT molecular complexity index is 420. The van der Waals surface area contributed by atoms with Crippen LogP contribution in [-0.4, -0.2) is 38.3 Å². The average molecular weight is 266 g/mol. The third kappa shape index (κ3) is 4.29. The van der Waals surface area contributed by atoms with Crippen LogP contribution >= 0.6 is 0 Å². The van der Waals surface area contributed by atoms with E-state index in [0.29, 0.717) is 13.2 Å². The molecule has 1 fully saturated rings. The van der Waals surface area contributed by atoms with Crippen LogP contribution in [0.4, 0.5) is 4.39 Å². The number of carbonyl (C=O) groups excluding carboxylic acids is 1. The minimum absolute atomic E-state index is 0.0735. The Morgan fingerprint density at radius 2 is 2.11 bits per heavy atom. The van der Waals surface area contributed by atoms with Gasteiger partial charge >= 0.3 is 0 Å². The van der Waals surface area contributed by atoms with Crippen LogP contribution in [0, 0.1) is 5.82 Å². The molecule has 1 aromatic rings. The molecule has 0 aromatic heterocycles. The van der Waals surface area contributed by atoms with Crippen molar-refractivity contribution >= 4 is 5.91 Å². The van der Waals surface area contributed by atoms with Gasteiger partial charge in [-0.05, 0) is 38.1 Å². The van der Waals surface area contributed by atoms with Crippen molar-refractivity contribution in [2.24, 2.45) is 0 Å². The molecule has 0 saturated carbocycles. The summed E-state index contributed by atoms with van der Waals surface area (Å²) >= 11 is 0. The van der Waals surface area contributed by atoms with E-state index in [0.717, 1.165) is 25.9 Å². The number of nitrogens with one attached hydrogen (secondary N) is 2. The SMILES string of the molecule is O=C(NCCOC1CCNCC1)c1ccccc1F. The molecule has 0 spiro atoms. The van der Waals surface area contributed by atoms with E-state index >= 15 is 0 Å². The van der Waals surface area contributed by atoms with Gasteiger partial charge < -0.3 is 15.4 Å². The highest BCUT2D eigenvalue weighted by Crippen LogP contribution is 2.07. The van der Waals surface area contributed by atoms with E-state index in [1.807, 2.05) is 0 Å². The summed E-state index contributed by atoms with van der Waals surface area (Å²) in [4.78, 5) is 11.7. The van der Waals surface area contributed by atoms with Gasteiger partial charge in [0.25, 0.3) is 5.91 Å². The number of piperidine rings is 1. The molecule has 19 heavy (non-hydrogen) atoms. The second-order valence-corrected chi connectivity index (χ2v) is 4.56. The second-order valence-electron chi connectivity index (χ2n) is 4.56. The second kappa shape index (κ2) is 7.21. The topological polar surface area (TPSA) is 50.4 Å². The molecular formula is C14H19FN2O2. The summed E-state index contributed by atoms with van der Waals surface area (Å²) in [5.74, 6) is -0.897. The molecule has 5 heteroatoms. The first kappa shape index (κ1) is 14.0. The predicted molar refractivity (Wildman–Crippen MR) is 70.6 cm³/mol. The molecule has 0 unspecified atom stereocenters. The highest BCUT2D eigenvalue weighted by atomic mass is 19.1. The van der Waals surface area contributed by atoms with E-state index in [1.54, 1.807) is 12.1 Å². The Morgan fingerprint density at radius 1 is 1.37 bits per heavy atom. The molecule has 1 amide bonds. The van der Waals surface area contributed by atoms with E-state index in [2.05, 4.69) is 10.6 Å². The zero-order chi connectivity index (χ0) is 13.5. The first-order chi connectivity index (χ1) is 9.27. The molecule has 0 radical (unpaired) electrons. The number of carbonyl (C=O) groups is 1. The van der Waals surface area contributed by atoms with Crippen molar-refractivity contribution in [3.63, 3.8) is 0 Å². The highest BCUT2D eigenvalue weighted by molar-refractivity contribution is 5.94. The van der Waals surface area contributed by atoms with Crippen molar-refractivity contribution in [3.05, 3.63) is 35.6 Å². The van der Waals surface area contributed by atoms with E-state index in [-0.39, 0.29) is 11.7 Å². The van der Waals surface area contributed by atoms with E-state index in [9.17, 15) is 9.18 Å². The van der Waals surface area contributed by atoms with Gasteiger partial charge in [-0.1, -0.05) is 12.1 Å². The van der Waals surface area contributed by atoms with Crippen LogP contribution < -0.4 is 10.6 Å². The lowest BCUT2D eigenvalue weighted by Crippen LogP contribution is -2.35. The number of benzene rings is 1. The summed E-state index contributed by atoms with van der Waals surface area (Å²) in [5.41, 5.74) is 0.0735. The van der Waals surface area contributed by atoms with Crippen molar-refractivity contribution in [2.45, 2.75) is 18.9 Å². The first-order valence-electron chi connectivity index (χ1n) is 6.62. The van der Waals surface area contributed by atoms with E-state index < -0.39 is 11.7 Å². The molecule has 4 nitrogen and oxygen atoms in total. The standard InChI is InChI=1S/C14H19FN2O2/c15-13-4-2-1-3-12(13)14(18)17-9-10-19-11-5-7-16-8-6-11/h1-4,11,16H,5-10H2,(H,17,18). The minimum atomic E-state index is -0.501. The molecule has 1 saturated heterocycles. The lowest BCUT2D eigenvalue weighted by Gasteiger charge is -2.22. The summed E-state index contributed by atoms with van der Waals surface area (Å²) in [6.45, 7) is 2.82. The Balaban J connectivity index is 1.68. The maximum absolute atomic E-state index is 13.3. The molecule has 1 aliphatic rings. The predicted octanol–water partition coefficient (Wildman–Crippen LogP) is 1.32. The maximum Gasteiger partial charge on any atom is 0.254 e. The van der Waals surface area contributed by atoms with Gasteiger partial charge in [0, 0.05) is 6.54 Å². The van der Waals surface area contributed by atoms with Crippen LogP contribution in [-0.2, 0) is 4.74 Å². The number of ether oxygens (including phenoxy) is 1. The third-order valence-corrected chi connectivity index (χ3v) is 3.15. The van der Waals surface area contributed by atoms with Crippen molar-refractivity contribution in [2.75, 3.05) is 26.2 Å². The quantitative estimate of drug-likeness (QED) is 0.790. The molecule has 1 heterocycles. The summed E-state index contributed by atoms with van der Waals surface area (Å²) in [6.07, 6.45) is 2.27. The van der Waals surface area contributed by atoms with Gasteiger partial charge in [-0.15, -0.1) is 0 Å². The van der Waals surface area contributed by atoms with Crippen molar-refractivity contribution in [1.82, 2.24) is 10.6 Å². The zero-order valence-electron chi connectivity index (χ0n) is 10.8. The summed E-state index contributed by atoms with van der Waals surface area (Å²) in [7, 11) is 0. The number of amides is 1. The van der Waals surface area contributed by atoms with Crippen LogP contribution in [0.25, 0.3) is 0 Å². The molecule has 2 rings (SSSR count). The fourth-order valence-electron chi connectivity index (χ4n) is 2.09. The van der Waals surface area contributed by atoms with Crippen molar-refractivity contribution in [1.29, 1.82) is 0 Å². The molecule has 0 atom stereocenters.